The van der Waals surface area contributed by atoms with Crippen molar-refractivity contribution in [2.45, 2.75) is 77.7 Å². The fourth-order valence-electron chi connectivity index (χ4n) is 2.96. The van der Waals surface area contributed by atoms with Crippen LogP contribution in [0.1, 0.15) is 71.3 Å². The van der Waals surface area contributed by atoms with Crippen LogP contribution in [0.5, 0.6) is 0 Å². The summed E-state index contributed by atoms with van der Waals surface area (Å²) in [5.41, 5.74) is 5.25. The summed E-state index contributed by atoms with van der Waals surface area (Å²) in [6.45, 7) is 8.00. The highest BCUT2D eigenvalue weighted by atomic mass is 16.6. The summed E-state index contributed by atoms with van der Waals surface area (Å²) in [6.07, 6.45) is 11.2. The van der Waals surface area contributed by atoms with E-state index in [1.807, 2.05) is 37.8 Å². The van der Waals surface area contributed by atoms with E-state index in [9.17, 15) is 14.4 Å². The van der Waals surface area contributed by atoms with Crippen LogP contribution in [0.25, 0.3) is 0 Å². The SMILES string of the molecule is CC(C)(C)OC(=O)NCCCCCC=O.CN.O=C(CCc1ccncc1)N1CCCC1. The van der Waals surface area contributed by atoms with Crippen LogP contribution in [-0.2, 0) is 20.7 Å². The van der Waals surface area contributed by atoms with E-state index >= 15 is 0 Å². The number of nitrogens with one attached hydrogen (secondary N) is 1. The molecule has 1 saturated heterocycles. The van der Waals surface area contributed by atoms with E-state index in [1.54, 1.807) is 12.4 Å². The fraction of sp³-hybridized carbons (Fsp3) is 0.667. The van der Waals surface area contributed by atoms with Crippen LogP contribution in [0.4, 0.5) is 4.79 Å². The van der Waals surface area contributed by atoms with Crippen LogP contribution >= 0.6 is 0 Å². The van der Waals surface area contributed by atoms with Gasteiger partial charge in [0.25, 0.3) is 0 Å². The Bertz CT molecular complexity index is 627. The van der Waals surface area contributed by atoms with Gasteiger partial charge in [0.2, 0.25) is 5.91 Å². The zero-order chi connectivity index (χ0) is 24.2. The normalized spacial score (nSPS) is 12.6. The second kappa shape index (κ2) is 18.1. The number of hydrogen-bond acceptors (Lipinski definition) is 6. The first kappa shape index (κ1) is 29.5. The monoisotopic (exact) mass is 450 g/mol. The summed E-state index contributed by atoms with van der Waals surface area (Å²) >= 11 is 0. The lowest BCUT2D eigenvalue weighted by Gasteiger charge is -2.19. The van der Waals surface area contributed by atoms with E-state index in [0.29, 0.717) is 25.3 Å². The van der Waals surface area contributed by atoms with E-state index in [0.717, 1.165) is 45.1 Å². The maximum atomic E-state index is 11.7. The molecule has 3 N–H and O–H groups in total. The lowest BCUT2D eigenvalue weighted by Crippen LogP contribution is -2.32. The van der Waals surface area contributed by atoms with Crippen molar-refractivity contribution in [1.82, 2.24) is 15.2 Å². The Kier molecular flexibility index (Phi) is 16.7. The number of alkyl carbamates (subject to hydrolysis) is 1. The first-order valence-electron chi connectivity index (χ1n) is 11.5. The van der Waals surface area contributed by atoms with Gasteiger partial charge in [-0.2, -0.15) is 0 Å². The molecule has 182 valence electrons. The molecule has 8 heteroatoms. The van der Waals surface area contributed by atoms with E-state index in [1.165, 1.54) is 25.5 Å². The van der Waals surface area contributed by atoms with Crippen LogP contribution < -0.4 is 11.1 Å². The quantitative estimate of drug-likeness (QED) is 0.440. The highest BCUT2D eigenvalue weighted by Gasteiger charge is 2.17. The van der Waals surface area contributed by atoms with Crippen molar-refractivity contribution in [2.75, 3.05) is 26.7 Å². The van der Waals surface area contributed by atoms with Crippen molar-refractivity contribution in [2.24, 2.45) is 5.73 Å². The minimum Gasteiger partial charge on any atom is -0.444 e. The predicted molar refractivity (Wildman–Crippen MR) is 127 cm³/mol. The van der Waals surface area contributed by atoms with Gasteiger partial charge in [-0.05, 0) is 77.6 Å². The smallest absolute Gasteiger partial charge is 0.407 e. The molecule has 1 aromatic heterocycles. The van der Waals surface area contributed by atoms with Gasteiger partial charge in [-0.25, -0.2) is 4.79 Å². The van der Waals surface area contributed by atoms with Gasteiger partial charge in [-0.3, -0.25) is 9.78 Å². The maximum absolute atomic E-state index is 11.7. The van der Waals surface area contributed by atoms with Crippen molar-refractivity contribution in [1.29, 1.82) is 0 Å². The third-order valence-corrected chi connectivity index (χ3v) is 4.50. The van der Waals surface area contributed by atoms with Gasteiger partial charge in [-0.1, -0.05) is 6.42 Å². The number of likely N-dealkylation sites (tertiary alicyclic amines) is 1. The van der Waals surface area contributed by atoms with Gasteiger partial charge in [0.05, 0.1) is 0 Å². The average molecular weight is 451 g/mol. The Morgan fingerprint density at radius 3 is 2.31 bits per heavy atom. The molecular weight excluding hydrogens is 408 g/mol. The Hall–Kier alpha value is -2.48. The molecule has 0 aromatic carbocycles. The van der Waals surface area contributed by atoms with Crippen molar-refractivity contribution in [3.05, 3.63) is 30.1 Å². The molecular formula is C24H42N4O4. The topological polar surface area (TPSA) is 115 Å². The third kappa shape index (κ3) is 16.2. The highest BCUT2D eigenvalue weighted by molar-refractivity contribution is 5.76. The molecule has 2 rings (SSSR count). The third-order valence-electron chi connectivity index (χ3n) is 4.50. The number of rotatable bonds is 9. The molecule has 0 saturated carbocycles. The molecule has 2 amide bonds. The molecule has 0 radical (unpaired) electrons. The molecule has 0 aliphatic carbocycles. The Morgan fingerprint density at radius 2 is 1.75 bits per heavy atom. The molecule has 32 heavy (non-hydrogen) atoms. The fourth-order valence-corrected chi connectivity index (χ4v) is 2.96. The minimum absolute atomic E-state index is 0.296. The standard InChI is InChI=1S/C12H16N2O.C11H21NO3.CH5N/c15-12(14-9-1-2-10-14)4-3-11-5-7-13-8-6-11;1-11(2,3)15-10(14)12-8-6-4-5-7-9-13;1-2/h5-8H,1-4,9-10H2;9H,4-8H2,1-3H3,(H,12,14);2H2,1H3. The number of amides is 2. The number of aromatic nitrogens is 1. The van der Waals surface area contributed by atoms with E-state index in [2.05, 4.69) is 16.0 Å². The number of carbonyl (C=O) groups is 3. The zero-order valence-electron chi connectivity index (χ0n) is 20.3. The maximum Gasteiger partial charge on any atom is 0.407 e. The second-order valence-corrected chi connectivity index (χ2v) is 8.39. The number of nitrogens with two attached hydrogens (primary N) is 1. The first-order valence-corrected chi connectivity index (χ1v) is 11.5. The molecule has 0 spiro atoms. The number of pyridine rings is 1. The van der Waals surface area contributed by atoms with Crippen molar-refractivity contribution < 1.29 is 19.1 Å². The lowest BCUT2D eigenvalue weighted by atomic mass is 10.1. The van der Waals surface area contributed by atoms with E-state index in [-0.39, 0.29) is 6.09 Å². The van der Waals surface area contributed by atoms with Crippen molar-refractivity contribution in [3.63, 3.8) is 0 Å². The molecule has 0 bridgehead atoms. The molecule has 1 fully saturated rings. The van der Waals surface area contributed by atoms with Crippen LogP contribution in [-0.4, -0.2) is 60.5 Å². The van der Waals surface area contributed by atoms with E-state index < -0.39 is 5.60 Å². The molecule has 1 aliphatic rings. The number of hydrogen-bond donors (Lipinski definition) is 2. The van der Waals surface area contributed by atoms with Gasteiger partial charge < -0.3 is 25.5 Å². The van der Waals surface area contributed by atoms with Crippen LogP contribution in [0.3, 0.4) is 0 Å². The highest BCUT2D eigenvalue weighted by Crippen LogP contribution is 2.11. The Labute approximate surface area is 193 Å². The van der Waals surface area contributed by atoms with Gasteiger partial charge in [-0.15, -0.1) is 0 Å². The number of unbranched alkanes of at least 4 members (excludes halogenated alkanes) is 3. The lowest BCUT2D eigenvalue weighted by molar-refractivity contribution is -0.130. The predicted octanol–water partition coefficient (Wildman–Crippen LogP) is 3.48. The molecule has 1 aromatic rings. The first-order chi connectivity index (χ1) is 15.3. The van der Waals surface area contributed by atoms with Crippen molar-refractivity contribution >= 4 is 18.3 Å². The molecule has 1 aliphatic heterocycles. The summed E-state index contributed by atoms with van der Waals surface area (Å²) in [6, 6.07) is 3.94. The summed E-state index contributed by atoms with van der Waals surface area (Å²) in [4.78, 5) is 38.8. The van der Waals surface area contributed by atoms with Crippen molar-refractivity contribution in [3.8, 4) is 0 Å². The summed E-state index contributed by atoms with van der Waals surface area (Å²) < 4.78 is 5.06. The summed E-state index contributed by atoms with van der Waals surface area (Å²) in [7, 11) is 1.50. The minimum atomic E-state index is -0.443. The zero-order valence-corrected chi connectivity index (χ0v) is 20.3. The number of aldehydes is 1. The van der Waals surface area contributed by atoms with Gasteiger partial charge in [0.15, 0.2) is 0 Å². The molecule has 8 nitrogen and oxygen atoms in total. The molecule has 0 atom stereocenters. The van der Waals surface area contributed by atoms with Crippen LogP contribution in [0.15, 0.2) is 24.5 Å². The number of carbonyl (C=O) groups excluding carboxylic acids is 3. The Balaban J connectivity index is 0.000000557. The average Bonchev–Trinajstić information content (AvgIpc) is 3.31. The molecule has 2 heterocycles. The molecule has 0 unspecified atom stereocenters. The second-order valence-electron chi connectivity index (χ2n) is 8.39. The van der Waals surface area contributed by atoms with Gasteiger partial charge in [0, 0.05) is 44.9 Å². The van der Waals surface area contributed by atoms with Crippen LogP contribution in [0, 0.1) is 0 Å². The number of nitrogens with zero attached hydrogens (tertiary/aromatic N) is 2. The van der Waals surface area contributed by atoms with Gasteiger partial charge >= 0.3 is 6.09 Å². The van der Waals surface area contributed by atoms with Crippen LogP contribution in [0.2, 0.25) is 0 Å². The summed E-state index contributed by atoms with van der Waals surface area (Å²) in [5.74, 6) is 0.296. The number of ether oxygens (including phenoxy) is 1. The number of aryl methyl sites for hydroxylation is 1. The Morgan fingerprint density at radius 1 is 1.12 bits per heavy atom. The summed E-state index contributed by atoms with van der Waals surface area (Å²) in [5, 5.41) is 2.67. The largest absolute Gasteiger partial charge is 0.444 e. The van der Waals surface area contributed by atoms with E-state index in [4.69, 9.17) is 4.74 Å². The van der Waals surface area contributed by atoms with Gasteiger partial charge in [0.1, 0.15) is 11.9 Å².